The van der Waals surface area contributed by atoms with Crippen LogP contribution in [-0.4, -0.2) is 51.9 Å². The Morgan fingerprint density at radius 1 is 1.18 bits per heavy atom. The van der Waals surface area contributed by atoms with E-state index in [1.165, 1.54) is 23.5 Å². The third kappa shape index (κ3) is 4.36. The molecule has 6 nitrogen and oxygen atoms in total. The number of carbonyl (C=O) groups excluding carboxylic acids is 1. The Morgan fingerprint density at radius 3 is 2.64 bits per heavy atom. The molecule has 28 heavy (non-hydrogen) atoms. The molecule has 0 saturated carbocycles. The van der Waals surface area contributed by atoms with Crippen LogP contribution in [-0.2, 0) is 10.0 Å². The summed E-state index contributed by atoms with van der Waals surface area (Å²) in [5.74, 6) is -0.248. The van der Waals surface area contributed by atoms with Crippen LogP contribution in [0.25, 0.3) is 0 Å². The van der Waals surface area contributed by atoms with Crippen LogP contribution >= 0.6 is 0 Å². The summed E-state index contributed by atoms with van der Waals surface area (Å²) < 4.78 is 27.1. The molecular weight excluding hydrogens is 374 g/mol. The molecular formula is C21H27N3O3S. The van der Waals surface area contributed by atoms with Crippen molar-refractivity contribution in [3.63, 3.8) is 0 Å². The molecule has 2 aromatic rings. The highest BCUT2D eigenvalue weighted by molar-refractivity contribution is 7.92. The topological polar surface area (TPSA) is 69.7 Å². The van der Waals surface area contributed by atoms with E-state index in [1.807, 2.05) is 6.07 Å². The third-order valence-electron chi connectivity index (χ3n) is 5.28. The average molecular weight is 402 g/mol. The van der Waals surface area contributed by atoms with Crippen molar-refractivity contribution in [1.29, 1.82) is 0 Å². The normalized spacial score (nSPS) is 17.4. The van der Waals surface area contributed by atoms with Crippen molar-refractivity contribution in [3.8, 4) is 0 Å². The fourth-order valence-electron chi connectivity index (χ4n) is 3.59. The lowest BCUT2D eigenvalue weighted by Crippen LogP contribution is -2.40. The number of carbonyl (C=O) groups is 1. The number of likely N-dealkylation sites (N-methyl/N-ethyl adjacent to an activating group) is 1. The van der Waals surface area contributed by atoms with Gasteiger partial charge in [0, 0.05) is 25.2 Å². The molecule has 1 aliphatic rings. The molecule has 0 bridgehead atoms. The first kappa shape index (κ1) is 20.4. The van der Waals surface area contributed by atoms with Gasteiger partial charge in [-0.3, -0.25) is 14.0 Å². The van der Waals surface area contributed by atoms with Crippen LogP contribution in [0.15, 0.2) is 59.5 Å². The Hall–Kier alpha value is -2.38. The number of para-hydroxylation sites is 1. The van der Waals surface area contributed by atoms with Gasteiger partial charge in [0.25, 0.3) is 15.9 Å². The second kappa shape index (κ2) is 8.75. The van der Waals surface area contributed by atoms with Gasteiger partial charge in [0.05, 0.1) is 10.6 Å². The first-order valence-electron chi connectivity index (χ1n) is 9.59. The molecule has 7 heteroatoms. The highest BCUT2D eigenvalue weighted by Gasteiger charge is 2.25. The number of anilines is 1. The van der Waals surface area contributed by atoms with E-state index in [4.69, 9.17) is 0 Å². The first-order chi connectivity index (χ1) is 13.4. The van der Waals surface area contributed by atoms with Gasteiger partial charge in [-0.05, 0) is 56.3 Å². The summed E-state index contributed by atoms with van der Waals surface area (Å²) in [4.78, 5) is 15.0. The van der Waals surface area contributed by atoms with E-state index in [0.717, 1.165) is 25.9 Å². The molecule has 1 unspecified atom stereocenters. The summed E-state index contributed by atoms with van der Waals surface area (Å²) in [5, 5.41) is 2.96. The van der Waals surface area contributed by atoms with Crippen LogP contribution in [0.1, 0.15) is 30.1 Å². The predicted molar refractivity (Wildman–Crippen MR) is 111 cm³/mol. The maximum Gasteiger partial charge on any atom is 0.264 e. The summed E-state index contributed by atoms with van der Waals surface area (Å²) in [6.45, 7) is 4.74. The zero-order chi connectivity index (χ0) is 20.1. The molecule has 0 radical (unpaired) electrons. The molecule has 1 aliphatic heterocycles. The second-order valence-electron chi connectivity index (χ2n) is 6.97. The van der Waals surface area contributed by atoms with Crippen LogP contribution < -0.4 is 9.62 Å². The van der Waals surface area contributed by atoms with Gasteiger partial charge >= 0.3 is 0 Å². The Morgan fingerprint density at radius 2 is 1.93 bits per heavy atom. The molecule has 1 amide bonds. The van der Waals surface area contributed by atoms with Gasteiger partial charge in [0.15, 0.2) is 0 Å². The minimum absolute atomic E-state index is 0.0996. The van der Waals surface area contributed by atoms with Gasteiger partial charge in [0.1, 0.15) is 0 Å². The van der Waals surface area contributed by atoms with Crippen LogP contribution in [0, 0.1) is 0 Å². The molecule has 0 aliphatic carbocycles. The lowest BCUT2D eigenvalue weighted by atomic mass is 10.2. The maximum absolute atomic E-state index is 12.9. The molecule has 1 atom stereocenters. The average Bonchev–Trinajstić information content (AvgIpc) is 3.19. The highest BCUT2D eigenvalue weighted by Crippen LogP contribution is 2.22. The summed E-state index contributed by atoms with van der Waals surface area (Å²) >= 11 is 0. The van der Waals surface area contributed by atoms with E-state index in [-0.39, 0.29) is 10.8 Å². The van der Waals surface area contributed by atoms with Crippen molar-refractivity contribution in [2.24, 2.45) is 0 Å². The fraction of sp³-hybridized carbons (Fsp3) is 0.381. The van der Waals surface area contributed by atoms with Crippen molar-refractivity contribution in [2.45, 2.75) is 30.7 Å². The Balaban J connectivity index is 1.73. The van der Waals surface area contributed by atoms with Crippen LogP contribution in [0.5, 0.6) is 0 Å². The van der Waals surface area contributed by atoms with Crippen LogP contribution in [0.2, 0.25) is 0 Å². The SMILES string of the molecule is CCN1CCCC1CNC(=O)c1cccc(S(=O)(=O)N(C)c2ccccc2)c1. The maximum atomic E-state index is 12.9. The van der Waals surface area contributed by atoms with E-state index in [2.05, 4.69) is 17.1 Å². The number of hydrogen-bond donors (Lipinski definition) is 1. The zero-order valence-electron chi connectivity index (χ0n) is 16.3. The lowest BCUT2D eigenvalue weighted by molar-refractivity contribution is 0.0941. The number of nitrogens with one attached hydrogen (secondary N) is 1. The predicted octanol–water partition coefficient (Wildman–Crippen LogP) is 2.73. The minimum Gasteiger partial charge on any atom is -0.350 e. The van der Waals surface area contributed by atoms with Gasteiger partial charge in [0.2, 0.25) is 0 Å². The number of nitrogens with zero attached hydrogens (tertiary/aromatic N) is 2. The molecule has 3 rings (SSSR count). The summed E-state index contributed by atoms with van der Waals surface area (Å²) in [6, 6.07) is 15.4. The molecule has 1 heterocycles. The lowest BCUT2D eigenvalue weighted by Gasteiger charge is -2.23. The van der Waals surface area contributed by atoms with Gasteiger partial charge in [-0.1, -0.05) is 31.2 Å². The third-order valence-corrected chi connectivity index (χ3v) is 7.06. The monoisotopic (exact) mass is 401 g/mol. The number of rotatable bonds is 7. The fourth-order valence-corrected chi connectivity index (χ4v) is 4.83. The molecule has 1 saturated heterocycles. The quantitative estimate of drug-likeness (QED) is 0.775. The number of likely N-dealkylation sites (tertiary alicyclic amines) is 1. The van der Waals surface area contributed by atoms with Crippen molar-refractivity contribution in [3.05, 3.63) is 60.2 Å². The number of sulfonamides is 1. The molecule has 1 N–H and O–H groups in total. The summed E-state index contributed by atoms with van der Waals surface area (Å²) in [7, 11) is -2.24. The van der Waals surface area contributed by atoms with Crippen molar-refractivity contribution in [2.75, 3.05) is 31.0 Å². The highest BCUT2D eigenvalue weighted by atomic mass is 32.2. The van der Waals surface area contributed by atoms with Gasteiger partial charge < -0.3 is 5.32 Å². The van der Waals surface area contributed by atoms with Gasteiger partial charge in [-0.25, -0.2) is 8.42 Å². The Labute approximate surface area is 167 Å². The van der Waals surface area contributed by atoms with Crippen LogP contribution in [0.3, 0.4) is 0 Å². The molecule has 1 fully saturated rings. The zero-order valence-corrected chi connectivity index (χ0v) is 17.2. The van der Waals surface area contributed by atoms with E-state index in [9.17, 15) is 13.2 Å². The first-order valence-corrected chi connectivity index (χ1v) is 11.0. The summed E-state index contributed by atoms with van der Waals surface area (Å²) in [6.07, 6.45) is 2.22. The Bertz CT molecular complexity index is 916. The molecule has 2 aromatic carbocycles. The van der Waals surface area contributed by atoms with E-state index in [0.29, 0.717) is 23.8 Å². The standard InChI is InChI=1S/C21H27N3O3S/c1-3-24-14-8-12-19(24)16-22-21(25)17-9-7-13-20(15-17)28(26,27)23(2)18-10-5-4-6-11-18/h4-7,9-11,13,15,19H,3,8,12,14,16H2,1-2H3,(H,22,25). The summed E-state index contributed by atoms with van der Waals surface area (Å²) in [5.41, 5.74) is 0.918. The smallest absolute Gasteiger partial charge is 0.264 e. The minimum atomic E-state index is -3.75. The largest absolute Gasteiger partial charge is 0.350 e. The molecule has 0 spiro atoms. The van der Waals surface area contributed by atoms with Gasteiger partial charge in [-0.15, -0.1) is 0 Å². The van der Waals surface area contributed by atoms with Crippen molar-refractivity contribution < 1.29 is 13.2 Å². The Kier molecular flexibility index (Phi) is 6.36. The second-order valence-corrected chi connectivity index (χ2v) is 8.94. The molecule has 150 valence electrons. The van der Waals surface area contributed by atoms with Crippen LogP contribution in [0.4, 0.5) is 5.69 Å². The van der Waals surface area contributed by atoms with E-state index in [1.54, 1.807) is 36.4 Å². The van der Waals surface area contributed by atoms with Crippen molar-refractivity contribution in [1.82, 2.24) is 10.2 Å². The number of amides is 1. The van der Waals surface area contributed by atoms with Crippen molar-refractivity contribution >= 4 is 21.6 Å². The number of hydrogen-bond acceptors (Lipinski definition) is 4. The van der Waals surface area contributed by atoms with E-state index >= 15 is 0 Å². The van der Waals surface area contributed by atoms with E-state index < -0.39 is 10.0 Å². The number of benzene rings is 2. The van der Waals surface area contributed by atoms with Gasteiger partial charge in [-0.2, -0.15) is 0 Å². The molecule has 0 aromatic heterocycles.